The summed E-state index contributed by atoms with van der Waals surface area (Å²) >= 11 is 7.51. The van der Waals surface area contributed by atoms with Crippen LogP contribution < -0.4 is 10.2 Å². The predicted octanol–water partition coefficient (Wildman–Crippen LogP) is 2.94. The van der Waals surface area contributed by atoms with E-state index in [4.69, 9.17) is 11.6 Å². The van der Waals surface area contributed by atoms with Crippen LogP contribution in [0, 0.1) is 0 Å². The molecule has 19 heavy (non-hydrogen) atoms. The van der Waals surface area contributed by atoms with E-state index in [1.165, 1.54) is 4.88 Å². The van der Waals surface area contributed by atoms with Gasteiger partial charge in [-0.25, -0.2) is 4.98 Å². The van der Waals surface area contributed by atoms with E-state index in [1.54, 1.807) is 11.3 Å². The van der Waals surface area contributed by atoms with Crippen molar-refractivity contribution in [2.75, 3.05) is 18.5 Å². The minimum absolute atomic E-state index is 0.758. The maximum absolute atomic E-state index is 5.92. The third-order valence-corrected chi connectivity index (χ3v) is 3.88. The van der Waals surface area contributed by atoms with Gasteiger partial charge >= 0.3 is 0 Å². The molecular formula is C13H17ClN4S. The number of hydrogen-bond acceptors (Lipinski definition) is 5. The molecule has 0 aromatic carbocycles. The highest BCUT2D eigenvalue weighted by Crippen LogP contribution is 2.23. The van der Waals surface area contributed by atoms with Crippen molar-refractivity contribution < 1.29 is 0 Å². The van der Waals surface area contributed by atoms with Crippen LogP contribution in [0.1, 0.15) is 17.5 Å². The summed E-state index contributed by atoms with van der Waals surface area (Å²) in [5.41, 5.74) is 0.957. The van der Waals surface area contributed by atoms with Crippen LogP contribution in [0.15, 0.2) is 24.5 Å². The SMILES string of the molecule is CCNCc1cnc(N(C)Cc2ccc(Cl)s2)cn1. The van der Waals surface area contributed by atoms with Crippen LogP contribution in [0.3, 0.4) is 0 Å². The van der Waals surface area contributed by atoms with Gasteiger partial charge in [0.25, 0.3) is 0 Å². The monoisotopic (exact) mass is 296 g/mol. The highest BCUT2D eigenvalue weighted by atomic mass is 35.5. The first-order valence-corrected chi connectivity index (χ1v) is 7.35. The van der Waals surface area contributed by atoms with Gasteiger partial charge in [-0.2, -0.15) is 0 Å². The van der Waals surface area contributed by atoms with Crippen LogP contribution in [-0.2, 0) is 13.1 Å². The molecule has 2 aromatic rings. The predicted molar refractivity (Wildman–Crippen MR) is 80.8 cm³/mol. The number of aromatic nitrogens is 2. The van der Waals surface area contributed by atoms with Crippen molar-refractivity contribution in [3.05, 3.63) is 39.4 Å². The molecule has 4 nitrogen and oxygen atoms in total. The van der Waals surface area contributed by atoms with E-state index in [-0.39, 0.29) is 0 Å². The smallest absolute Gasteiger partial charge is 0.147 e. The van der Waals surface area contributed by atoms with Crippen LogP contribution in [0.5, 0.6) is 0 Å². The largest absolute Gasteiger partial charge is 0.353 e. The van der Waals surface area contributed by atoms with Crippen LogP contribution in [-0.4, -0.2) is 23.6 Å². The van der Waals surface area contributed by atoms with Crippen LogP contribution in [0.2, 0.25) is 4.34 Å². The Hall–Kier alpha value is -1.17. The van der Waals surface area contributed by atoms with Gasteiger partial charge in [0, 0.05) is 18.5 Å². The first-order chi connectivity index (χ1) is 9.19. The number of halogens is 1. The molecule has 0 atom stereocenters. The second-order valence-electron chi connectivity index (χ2n) is 4.21. The van der Waals surface area contributed by atoms with Gasteiger partial charge in [0.05, 0.1) is 29.0 Å². The first kappa shape index (κ1) is 14.2. The molecule has 0 aliphatic carbocycles. The van der Waals surface area contributed by atoms with Gasteiger partial charge in [-0.15, -0.1) is 11.3 Å². The zero-order valence-corrected chi connectivity index (χ0v) is 12.6. The molecule has 0 aliphatic heterocycles. The standard InChI is InChI=1S/C13H17ClN4S/c1-3-15-6-10-7-17-13(8-16-10)18(2)9-11-4-5-12(14)19-11/h4-5,7-8,15H,3,6,9H2,1-2H3. The summed E-state index contributed by atoms with van der Waals surface area (Å²) < 4.78 is 0.815. The summed E-state index contributed by atoms with van der Waals surface area (Å²) in [6.07, 6.45) is 3.62. The zero-order valence-electron chi connectivity index (χ0n) is 11.1. The van der Waals surface area contributed by atoms with Gasteiger partial charge in [-0.05, 0) is 18.7 Å². The van der Waals surface area contributed by atoms with Crippen LogP contribution in [0.25, 0.3) is 0 Å². The van der Waals surface area contributed by atoms with Crippen molar-refractivity contribution in [2.24, 2.45) is 0 Å². The maximum atomic E-state index is 5.92. The Labute approximate surface area is 122 Å². The van der Waals surface area contributed by atoms with Crippen molar-refractivity contribution >= 4 is 28.8 Å². The average Bonchev–Trinajstić information content (AvgIpc) is 2.82. The van der Waals surface area contributed by atoms with Crippen molar-refractivity contribution in [1.29, 1.82) is 0 Å². The fourth-order valence-corrected chi connectivity index (χ4v) is 2.78. The van der Waals surface area contributed by atoms with Crippen LogP contribution in [0.4, 0.5) is 5.82 Å². The third kappa shape index (κ3) is 4.16. The van der Waals surface area contributed by atoms with E-state index >= 15 is 0 Å². The molecule has 0 saturated heterocycles. The minimum Gasteiger partial charge on any atom is -0.353 e. The molecule has 2 aromatic heterocycles. The number of nitrogens with zero attached hydrogens (tertiary/aromatic N) is 3. The molecule has 0 fully saturated rings. The molecule has 0 amide bonds. The van der Waals surface area contributed by atoms with Crippen molar-refractivity contribution in [2.45, 2.75) is 20.0 Å². The summed E-state index contributed by atoms with van der Waals surface area (Å²) in [6.45, 7) is 4.55. The van der Waals surface area contributed by atoms with Gasteiger partial charge in [-0.3, -0.25) is 4.98 Å². The van der Waals surface area contributed by atoms with E-state index < -0.39 is 0 Å². The van der Waals surface area contributed by atoms with Gasteiger partial charge < -0.3 is 10.2 Å². The topological polar surface area (TPSA) is 41.1 Å². The van der Waals surface area contributed by atoms with Gasteiger partial charge in [0.2, 0.25) is 0 Å². The fourth-order valence-electron chi connectivity index (χ4n) is 1.64. The Morgan fingerprint density at radius 2 is 2.16 bits per heavy atom. The van der Waals surface area contributed by atoms with Crippen molar-refractivity contribution in [1.82, 2.24) is 15.3 Å². The minimum atomic E-state index is 0.758. The Bertz CT molecular complexity index is 512. The molecular weight excluding hydrogens is 280 g/mol. The van der Waals surface area contributed by atoms with Gasteiger partial charge in [-0.1, -0.05) is 18.5 Å². The second kappa shape index (κ2) is 6.84. The average molecular weight is 297 g/mol. The lowest BCUT2D eigenvalue weighted by Gasteiger charge is -2.16. The molecule has 0 spiro atoms. The number of hydrogen-bond donors (Lipinski definition) is 1. The Morgan fingerprint density at radius 1 is 1.32 bits per heavy atom. The lowest BCUT2D eigenvalue weighted by molar-refractivity contribution is 0.706. The second-order valence-corrected chi connectivity index (χ2v) is 6.01. The number of nitrogens with one attached hydrogen (secondary N) is 1. The summed E-state index contributed by atoms with van der Waals surface area (Å²) in [4.78, 5) is 12.1. The Morgan fingerprint density at radius 3 is 2.74 bits per heavy atom. The highest BCUT2D eigenvalue weighted by Gasteiger charge is 2.06. The Kier molecular flexibility index (Phi) is 5.13. The van der Waals surface area contributed by atoms with Crippen LogP contribution >= 0.6 is 22.9 Å². The fraction of sp³-hybridized carbons (Fsp3) is 0.385. The van der Waals surface area contributed by atoms with E-state index in [1.807, 2.05) is 31.6 Å². The normalized spacial score (nSPS) is 10.7. The summed E-state index contributed by atoms with van der Waals surface area (Å²) in [5.74, 6) is 0.866. The molecule has 0 radical (unpaired) electrons. The summed E-state index contributed by atoms with van der Waals surface area (Å²) in [7, 11) is 2.00. The summed E-state index contributed by atoms with van der Waals surface area (Å²) in [6, 6.07) is 3.96. The molecule has 2 heterocycles. The molecule has 0 saturated carbocycles. The number of thiophene rings is 1. The summed E-state index contributed by atoms with van der Waals surface area (Å²) in [5, 5.41) is 3.23. The molecule has 0 unspecified atom stereocenters. The van der Waals surface area contributed by atoms with Crippen molar-refractivity contribution in [3.63, 3.8) is 0 Å². The molecule has 0 bridgehead atoms. The maximum Gasteiger partial charge on any atom is 0.147 e. The van der Waals surface area contributed by atoms with Gasteiger partial charge in [0.1, 0.15) is 5.82 Å². The van der Waals surface area contributed by atoms with Crippen molar-refractivity contribution in [3.8, 4) is 0 Å². The highest BCUT2D eigenvalue weighted by molar-refractivity contribution is 7.16. The lowest BCUT2D eigenvalue weighted by Crippen LogP contribution is -2.18. The Balaban J connectivity index is 1.97. The van der Waals surface area contributed by atoms with Gasteiger partial charge in [0.15, 0.2) is 0 Å². The molecule has 2 rings (SSSR count). The third-order valence-electron chi connectivity index (χ3n) is 2.66. The quantitative estimate of drug-likeness (QED) is 0.890. The first-order valence-electron chi connectivity index (χ1n) is 6.16. The molecule has 0 aliphatic rings. The van der Waals surface area contributed by atoms with E-state index in [2.05, 4.69) is 27.1 Å². The van der Waals surface area contributed by atoms with E-state index in [0.717, 1.165) is 35.5 Å². The molecule has 6 heteroatoms. The van der Waals surface area contributed by atoms with E-state index in [9.17, 15) is 0 Å². The lowest BCUT2D eigenvalue weighted by atomic mass is 10.4. The number of anilines is 1. The molecule has 102 valence electrons. The van der Waals surface area contributed by atoms with E-state index in [0.29, 0.717) is 0 Å². The number of rotatable bonds is 6. The molecule has 1 N–H and O–H groups in total. The zero-order chi connectivity index (χ0) is 13.7.